The molecule has 0 saturated carbocycles. The predicted octanol–water partition coefficient (Wildman–Crippen LogP) is 3.41. The maximum absolute atomic E-state index is 12.3. The van der Waals surface area contributed by atoms with Crippen LogP contribution in [0.2, 0.25) is 10.0 Å². The number of rotatable bonds is 7. The van der Waals surface area contributed by atoms with Crippen LogP contribution in [0.25, 0.3) is 0 Å². The summed E-state index contributed by atoms with van der Waals surface area (Å²) < 4.78 is 4.92. The van der Waals surface area contributed by atoms with Gasteiger partial charge in [0.15, 0.2) is 0 Å². The van der Waals surface area contributed by atoms with Crippen molar-refractivity contribution in [2.75, 3.05) is 25.6 Å². The molecule has 132 valence electrons. The minimum absolute atomic E-state index is 0.246. The zero-order valence-corrected chi connectivity index (χ0v) is 15.0. The van der Waals surface area contributed by atoms with Crippen LogP contribution in [0.4, 0.5) is 5.69 Å². The summed E-state index contributed by atoms with van der Waals surface area (Å²) in [5.74, 6) is -0.728. The van der Waals surface area contributed by atoms with Gasteiger partial charge in [0, 0.05) is 37.7 Å². The third kappa shape index (κ3) is 5.70. The zero-order chi connectivity index (χ0) is 18.2. The van der Waals surface area contributed by atoms with E-state index in [4.69, 9.17) is 27.9 Å². The number of hydrogen-bond acceptors (Lipinski definition) is 4. The molecule has 0 spiro atoms. The van der Waals surface area contributed by atoms with Gasteiger partial charge >= 0.3 is 0 Å². The summed E-state index contributed by atoms with van der Waals surface area (Å²) in [5.41, 5.74) is 0.966. The molecule has 0 aliphatic rings. The standard InChI is InChI=1S/C17H17Cl2N3O3/c1-25-6-2-5-21-16(23)11-7-12(10-20-9-11)17(24)22-15-4-3-13(18)8-14(15)19/h3-4,7-10H,2,5-6H2,1H3,(H,21,23)(H,22,24). The number of benzene rings is 1. The Hall–Kier alpha value is -2.15. The molecular formula is C17H17Cl2N3O3. The summed E-state index contributed by atoms with van der Waals surface area (Å²) in [7, 11) is 1.60. The highest BCUT2D eigenvalue weighted by atomic mass is 35.5. The molecule has 2 rings (SSSR count). The Kier molecular flexibility index (Phi) is 7.18. The van der Waals surface area contributed by atoms with Gasteiger partial charge in [-0.05, 0) is 30.7 Å². The first-order valence-corrected chi connectivity index (χ1v) is 8.25. The lowest BCUT2D eigenvalue weighted by Crippen LogP contribution is -2.25. The average Bonchev–Trinajstić information content (AvgIpc) is 2.61. The van der Waals surface area contributed by atoms with Crippen LogP contribution in [0.15, 0.2) is 36.7 Å². The van der Waals surface area contributed by atoms with Crippen molar-refractivity contribution in [2.24, 2.45) is 0 Å². The molecule has 0 radical (unpaired) electrons. The number of methoxy groups -OCH3 is 1. The number of anilines is 1. The lowest BCUT2D eigenvalue weighted by atomic mass is 10.1. The monoisotopic (exact) mass is 381 g/mol. The second kappa shape index (κ2) is 9.36. The Balaban J connectivity index is 2.04. The van der Waals surface area contributed by atoms with Gasteiger partial charge in [-0.2, -0.15) is 0 Å². The van der Waals surface area contributed by atoms with E-state index >= 15 is 0 Å². The van der Waals surface area contributed by atoms with E-state index in [0.29, 0.717) is 40.9 Å². The normalized spacial score (nSPS) is 10.4. The van der Waals surface area contributed by atoms with E-state index in [9.17, 15) is 9.59 Å². The van der Waals surface area contributed by atoms with Gasteiger partial charge in [0.05, 0.1) is 21.8 Å². The van der Waals surface area contributed by atoms with E-state index in [0.717, 1.165) is 0 Å². The van der Waals surface area contributed by atoms with Crippen molar-refractivity contribution in [3.8, 4) is 0 Å². The molecule has 0 aliphatic carbocycles. The predicted molar refractivity (Wildman–Crippen MR) is 97.5 cm³/mol. The molecule has 8 heteroatoms. The number of halogens is 2. The minimum atomic E-state index is -0.425. The quantitative estimate of drug-likeness (QED) is 0.720. The van der Waals surface area contributed by atoms with Crippen molar-refractivity contribution in [2.45, 2.75) is 6.42 Å². The number of aromatic nitrogens is 1. The van der Waals surface area contributed by atoms with Crippen LogP contribution in [0.1, 0.15) is 27.1 Å². The van der Waals surface area contributed by atoms with Gasteiger partial charge in [-0.15, -0.1) is 0 Å². The maximum Gasteiger partial charge on any atom is 0.257 e. The van der Waals surface area contributed by atoms with Crippen molar-refractivity contribution in [3.05, 3.63) is 57.8 Å². The van der Waals surface area contributed by atoms with Crippen LogP contribution in [0.3, 0.4) is 0 Å². The number of pyridine rings is 1. The fourth-order valence-corrected chi connectivity index (χ4v) is 2.45. The molecule has 2 amide bonds. The largest absolute Gasteiger partial charge is 0.385 e. The highest BCUT2D eigenvalue weighted by Gasteiger charge is 2.13. The van der Waals surface area contributed by atoms with Gasteiger partial charge in [-0.25, -0.2) is 0 Å². The highest BCUT2D eigenvalue weighted by molar-refractivity contribution is 6.36. The number of carbonyl (C=O) groups excluding carboxylic acids is 2. The molecule has 0 unspecified atom stereocenters. The second-order valence-electron chi connectivity index (χ2n) is 5.14. The summed E-state index contributed by atoms with van der Waals surface area (Å²) in [6.45, 7) is 1.03. The molecule has 0 bridgehead atoms. The Morgan fingerprint density at radius 1 is 1.12 bits per heavy atom. The van der Waals surface area contributed by atoms with E-state index in [2.05, 4.69) is 15.6 Å². The van der Waals surface area contributed by atoms with Crippen LogP contribution >= 0.6 is 23.2 Å². The molecule has 6 nitrogen and oxygen atoms in total. The zero-order valence-electron chi connectivity index (χ0n) is 13.5. The third-order valence-electron chi connectivity index (χ3n) is 3.25. The molecule has 1 heterocycles. The summed E-state index contributed by atoms with van der Waals surface area (Å²) in [5, 5.41) is 6.19. The molecule has 0 aliphatic heterocycles. The number of nitrogens with zero attached hydrogens (tertiary/aromatic N) is 1. The van der Waals surface area contributed by atoms with Crippen molar-refractivity contribution in [3.63, 3.8) is 0 Å². The summed E-state index contributed by atoms with van der Waals surface area (Å²) >= 11 is 11.9. The van der Waals surface area contributed by atoms with Gasteiger partial charge in [0.25, 0.3) is 11.8 Å². The van der Waals surface area contributed by atoms with Crippen LogP contribution < -0.4 is 10.6 Å². The van der Waals surface area contributed by atoms with Gasteiger partial charge in [0.1, 0.15) is 0 Å². The highest BCUT2D eigenvalue weighted by Crippen LogP contribution is 2.25. The van der Waals surface area contributed by atoms with E-state index < -0.39 is 5.91 Å². The smallest absolute Gasteiger partial charge is 0.257 e. The molecule has 2 N–H and O–H groups in total. The van der Waals surface area contributed by atoms with Gasteiger partial charge in [-0.1, -0.05) is 23.2 Å². The topological polar surface area (TPSA) is 80.3 Å². The van der Waals surface area contributed by atoms with Crippen LogP contribution in [-0.4, -0.2) is 37.1 Å². The molecule has 2 aromatic rings. The van der Waals surface area contributed by atoms with Crippen LogP contribution in [0.5, 0.6) is 0 Å². The van der Waals surface area contributed by atoms with Crippen molar-refractivity contribution < 1.29 is 14.3 Å². The number of amides is 2. The molecule has 1 aromatic heterocycles. The van der Waals surface area contributed by atoms with Crippen molar-refractivity contribution >= 4 is 40.7 Å². The fraction of sp³-hybridized carbons (Fsp3) is 0.235. The number of nitrogens with one attached hydrogen (secondary N) is 2. The van der Waals surface area contributed by atoms with Crippen LogP contribution in [-0.2, 0) is 4.74 Å². The van der Waals surface area contributed by atoms with Crippen molar-refractivity contribution in [1.29, 1.82) is 0 Å². The second-order valence-corrected chi connectivity index (χ2v) is 5.99. The van der Waals surface area contributed by atoms with Gasteiger partial charge < -0.3 is 15.4 Å². The fourth-order valence-electron chi connectivity index (χ4n) is 1.99. The lowest BCUT2D eigenvalue weighted by molar-refractivity contribution is 0.0948. The molecule has 0 atom stereocenters. The summed E-state index contributed by atoms with van der Waals surface area (Å²) in [6, 6.07) is 6.21. The molecule has 25 heavy (non-hydrogen) atoms. The maximum atomic E-state index is 12.3. The van der Waals surface area contributed by atoms with Gasteiger partial charge in [-0.3, -0.25) is 14.6 Å². The Bertz CT molecular complexity index is 769. The first-order chi connectivity index (χ1) is 12.0. The summed E-state index contributed by atoms with van der Waals surface area (Å²) in [4.78, 5) is 28.4. The van der Waals surface area contributed by atoms with Crippen molar-refractivity contribution in [1.82, 2.24) is 10.3 Å². The Labute approximate surface area is 155 Å². The number of ether oxygens (including phenoxy) is 1. The summed E-state index contributed by atoms with van der Waals surface area (Å²) in [6.07, 6.45) is 3.48. The SMILES string of the molecule is COCCCNC(=O)c1cncc(C(=O)Nc2ccc(Cl)cc2Cl)c1. The number of carbonyl (C=O) groups is 2. The van der Waals surface area contributed by atoms with E-state index in [1.165, 1.54) is 24.5 Å². The van der Waals surface area contributed by atoms with E-state index in [1.807, 2.05) is 0 Å². The molecule has 1 aromatic carbocycles. The van der Waals surface area contributed by atoms with Crippen LogP contribution in [0, 0.1) is 0 Å². The number of hydrogen-bond donors (Lipinski definition) is 2. The Morgan fingerprint density at radius 3 is 2.52 bits per heavy atom. The van der Waals surface area contributed by atoms with Gasteiger partial charge in [0.2, 0.25) is 0 Å². The average molecular weight is 382 g/mol. The third-order valence-corrected chi connectivity index (χ3v) is 3.80. The first-order valence-electron chi connectivity index (χ1n) is 7.50. The van der Waals surface area contributed by atoms with E-state index in [1.54, 1.807) is 19.2 Å². The van der Waals surface area contributed by atoms with E-state index in [-0.39, 0.29) is 11.5 Å². The molecule has 0 fully saturated rings. The Morgan fingerprint density at radius 2 is 1.84 bits per heavy atom. The molecular weight excluding hydrogens is 365 g/mol. The lowest BCUT2D eigenvalue weighted by Gasteiger charge is -2.09. The minimum Gasteiger partial charge on any atom is -0.385 e. The first kappa shape index (κ1) is 19.2. The molecule has 0 saturated heterocycles.